The van der Waals surface area contributed by atoms with Gasteiger partial charge in [0.1, 0.15) is 0 Å². The van der Waals surface area contributed by atoms with Gasteiger partial charge in [0.15, 0.2) is 0 Å². The van der Waals surface area contributed by atoms with Gasteiger partial charge in [-0.2, -0.15) is 0 Å². The van der Waals surface area contributed by atoms with Crippen molar-refractivity contribution in [2.45, 2.75) is 12.6 Å². The van der Waals surface area contributed by atoms with E-state index in [9.17, 15) is 10.1 Å². The summed E-state index contributed by atoms with van der Waals surface area (Å²) in [7, 11) is 1.99. The van der Waals surface area contributed by atoms with Gasteiger partial charge in [-0.05, 0) is 18.7 Å². The first kappa shape index (κ1) is 15.4. The lowest BCUT2D eigenvalue weighted by Crippen LogP contribution is -2.44. The zero-order valence-electron chi connectivity index (χ0n) is 11.3. The van der Waals surface area contributed by atoms with Crippen molar-refractivity contribution in [2.24, 2.45) is 0 Å². The molecule has 1 N–H and O–H groups in total. The lowest BCUT2D eigenvalue weighted by Gasteiger charge is -2.28. The first-order valence-electron chi connectivity index (χ1n) is 6.49. The van der Waals surface area contributed by atoms with E-state index in [0.29, 0.717) is 6.54 Å². The molecule has 1 fully saturated rings. The number of nitro benzene ring substituents is 1. The van der Waals surface area contributed by atoms with E-state index >= 15 is 0 Å². The van der Waals surface area contributed by atoms with Gasteiger partial charge in [-0.25, -0.2) is 0 Å². The fourth-order valence-electron chi connectivity index (χ4n) is 2.29. The Labute approximate surface area is 126 Å². The normalized spacial score (nSPS) is 19.2. The lowest BCUT2D eigenvalue weighted by molar-refractivity contribution is -0.385. The minimum absolute atomic E-state index is 0.110. The van der Waals surface area contributed by atoms with E-state index in [0.717, 1.165) is 36.3 Å². The van der Waals surface area contributed by atoms with Crippen LogP contribution in [0.3, 0.4) is 0 Å². The molecule has 0 spiro atoms. The number of hydrogen-bond acceptors (Lipinski definition) is 5. The molecule has 1 saturated heterocycles. The van der Waals surface area contributed by atoms with Crippen LogP contribution in [-0.2, 0) is 11.3 Å². The van der Waals surface area contributed by atoms with Crippen molar-refractivity contribution in [3.05, 3.63) is 38.3 Å². The monoisotopic (exact) mass is 343 g/mol. The summed E-state index contributed by atoms with van der Waals surface area (Å²) in [6, 6.07) is 5.03. The maximum atomic E-state index is 10.9. The van der Waals surface area contributed by atoms with Crippen molar-refractivity contribution in [2.75, 3.05) is 33.3 Å². The van der Waals surface area contributed by atoms with Crippen LogP contribution in [0, 0.1) is 10.1 Å². The Morgan fingerprint density at radius 2 is 2.35 bits per heavy atom. The third-order valence-corrected chi connectivity index (χ3v) is 3.58. The van der Waals surface area contributed by atoms with Crippen LogP contribution in [-0.4, -0.2) is 49.2 Å². The molecule has 110 valence electrons. The van der Waals surface area contributed by atoms with Crippen molar-refractivity contribution < 1.29 is 9.66 Å². The number of nitrogens with zero attached hydrogens (tertiary/aromatic N) is 2. The number of nitrogens with one attached hydrogen (secondary N) is 1. The van der Waals surface area contributed by atoms with Crippen LogP contribution in [0.25, 0.3) is 0 Å². The van der Waals surface area contributed by atoms with Crippen molar-refractivity contribution in [1.29, 1.82) is 0 Å². The van der Waals surface area contributed by atoms with Crippen LogP contribution < -0.4 is 5.32 Å². The maximum Gasteiger partial charge on any atom is 0.270 e. The number of hydrogen-bond donors (Lipinski definition) is 1. The Kier molecular flexibility index (Phi) is 5.47. The molecule has 1 heterocycles. The van der Waals surface area contributed by atoms with Gasteiger partial charge in [0.25, 0.3) is 5.69 Å². The molecule has 1 aromatic rings. The summed E-state index contributed by atoms with van der Waals surface area (Å²) in [6.07, 6.45) is 0.177. The van der Waals surface area contributed by atoms with Crippen molar-refractivity contribution in [1.82, 2.24) is 10.2 Å². The van der Waals surface area contributed by atoms with Crippen molar-refractivity contribution in [3.8, 4) is 0 Å². The van der Waals surface area contributed by atoms with Crippen molar-refractivity contribution >= 4 is 21.6 Å². The molecular weight excluding hydrogens is 326 g/mol. The number of nitro groups is 1. The predicted octanol–water partition coefficient (Wildman–Crippen LogP) is 1.78. The summed E-state index contributed by atoms with van der Waals surface area (Å²) in [4.78, 5) is 12.6. The number of non-ortho nitro benzene ring substituents is 1. The summed E-state index contributed by atoms with van der Waals surface area (Å²) >= 11 is 3.31. The average molecular weight is 344 g/mol. The van der Waals surface area contributed by atoms with Gasteiger partial charge in [0.05, 0.1) is 17.6 Å². The summed E-state index contributed by atoms with van der Waals surface area (Å²) in [5.74, 6) is 0. The molecule has 6 nitrogen and oxygen atoms in total. The molecule has 1 unspecified atom stereocenters. The molecule has 1 aliphatic rings. The largest absolute Gasteiger partial charge is 0.374 e. The maximum absolute atomic E-state index is 10.9. The van der Waals surface area contributed by atoms with Crippen LogP contribution in [0.15, 0.2) is 22.7 Å². The summed E-state index contributed by atoms with van der Waals surface area (Å²) in [6.45, 7) is 3.94. The van der Waals surface area contributed by atoms with E-state index < -0.39 is 0 Å². The van der Waals surface area contributed by atoms with E-state index in [2.05, 4.69) is 26.1 Å². The third kappa shape index (κ3) is 4.52. The molecule has 1 aromatic carbocycles. The molecule has 0 amide bonds. The highest BCUT2D eigenvalue weighted by atomic mass is 79.9. The molecule has 1 aliphatic heterocycles. The summed E-state index contributed by atoms with van der Waals surface area (Å²) < 4.78 is 6.38. The second-order valence-electron chi connectivity index (χ2n) is 4.97. The fourth-order valence-corrected chi connectivity index (χ4v) is 2.82. The van der Waals surface area contributed by atoms with Crippen molar-refractivity contribution in [3.63, 3.8) is 0 Å². The fraction of sp³-hybridized carbons (Fsp3) is 0.538. The topological polar surface area (TPSA) is 67.6 Å². The molecule has 0 saturated carbocycles. The molecule has 0 aliphatic carbocycles. The van der Waals surface area contributed by atoms with E-state index in [1.54, 1.807) is 6.07 Å². The standard InChI is InChI=1S/C13H18BrN3O3/c1-16(9-13-7-15-2-3-20-13)8-10-4-11(14)6-12(5-10)17(18)19/h4-6,13,15H,2-3,7-9H2,1H3. The Morgan fingerprint density at radius 3 is 3.00 bits per heavy atom. The van der Waals surface area contributed by atoms with E-state index in [-0.39, 0.29) is 16.7 Å². The third-order valence-electron chi connectivity index (χ3n) is 3.13. The van der Waals surface area contributed by atoms with Gasteiger partial charge in [-0.15, -0.1) is 0 Å². The number of likely N-dealkylation sites (N-methyl/N-ethyl adjacent to an activating group) is 1. The van der Waals surface area contributed by atoms with Crippen LogP contribution in [0.5, 0.6) is 0 Å². The Hall–Kier alpha value is -1.02. The zero-order chi connectivity index (χ0) is 14.5. The SMILES string of the molecule is CN(Cc1cc(Br)cc([N+](=O)[O-])c1)CC1CNCCO1. The van der Waals surface area contributed by atoms with E-state index in [1.807, 2.05) is 13.1 Å². The second-order valence-corrected chi connectivity index (χ2v) is 5.88. The molecule has 0 radical (unpaired) electrons. The highest BCUT2D eigenvalue weighted by Gasteiger charge is 2.16. The minimum Gasteiger partial charge on any atom is -0.374 e. The number of halogens is 1. The van der Waals surface area contributed by atoms with E-state index in [1.165, 1.54) is 6.07 Å². The number of rotatable bonds is 5. The van der Waals surface area contributed by atoms with Gasteiger partial charge in [0.2, 0.25) is 0 Å². The number of ether oxygens (including phenoxy) is 1. The Bertz CT molecular complexity index is 478. The number of benzene rings is 1. The first-order valence-corrected chi connectivity index (χ1v) is 7.28. The van der Waals surface area contributed by atoms with E-state index in [4.69, 9.17) is 4.74 Å². The molecule has 0 aromatic heterocycles. The smallest absolute Gasteiger partial charge is 0.270 e. The van der Waals surface area contributed by atoms with Gasteiger partial charge >= 0.3 is 0 Å². The Balaban J connectivity index is 1.96. The Morgan fingerprint density at radius 1 is 1.55 bits per heavy atom. The molecule has 7 heteroatoms. The summed E-state index contributed by atoms with van der Waals surface area (Å²) in [5, 5.41) is 14.1. The van der Waals surface area contributed by atoms with Gasteiger partial charge in [-0.3, -0.25) is 15.0 Å². The average Bonchev–Trinajstić information content (AvgIpc) is 2.38. The quantitative estimate of drug-likeness (QED) is 0.651. The molecule has 0 bridgehead atoms. The zero-order valence-corrected chi connectivity index (χ0v) is 12.9. The minimum atomic E-state index is -0.373. The molecule has 20 heavy (non-hydrogen) atoms. The van der Waals surface area contributed by atoms with Gasteiger partial charge in [0, 0.05) is 42.8 Å². The van der Waals surface area contributed by atoms with Crippen LogP contribution >= 0.6 is 15.9 Å². The molecule has 1 atom stereocenters. The van der Waals surface area contributed by atoms with Gasteiger partial charge in [-0.1, -0.05) is 15.9 Å². The highest BCUT2D eigenvalue weighted by molar-refractivity contribution is 9.10. The first-order chi connectivity index (χ1) is 9.54. The second kappa shape index (κ2) is 7.12. The highest BCUT2D eigenvalue weighted by Crippen LogP contribution is 2.22. The summed E-state index contributed by atoms with van der Waals surface area (Å²) in [5.41, 5.74) is 1.02. The lowest BCUT2D eigenvalue weighted by atomic mass is 10.2. The predicted molar refractivity (Wildman–Crippen MR) is 79.7 cm³/mol. The van der Waals surface area contributed by atoms with Crippen LogP contribution in [0.1, 0.15) is 5.56 Å². The molecular formula is C13H18BrN3O3. The van der Waals surface area contributed by atoms with Gasteiger partial charge < -0.3 is 10.1 Å². The molecule has 2 rings (SSSR count). The number of morpholine rings is 1. The van der Waals surface area contributed by atoms with Crippen LogP contribution in [0.2, 0.25) is 0 Å². The van der Waals surface area contributed by atoms with Crippen LogP contribution in [0.4, 0.5) is 5.69 Å².